The highest BCUT2D eigenvalue weighted by molar-refractivity contribution is 9.10. The molecular formula is C15H11BrClN3OS. The number of aryl methyl sites for hydroxylation is 1. The zero-order valence-electron chi connectivity index (χ0n) is 11.5. The van der Waals surface area contributed by atoms with Crippen LogP contribution in [0.25, 0.3) is 5.69 Å². The number of carbonyl (C=O) groups is 1. The van der Waals surface area contributed by atoms with Gasteiger partial charge in [0.25, 0.3) is 5.91 Å². The first-order chi connectivity index (χ1) is 10.5. The molecule has 2 heterocycles. The molecule has 0 aliphatic rings. The smallest absolute Gasteiger partial charge is 0.268 e. The molecule has 3 aromatic rings. The third-order valence-electron chi connectivity index (χ3n) is 2.95. The van der Waals surface area contributed by atoms with Crippen molar-refractivity contribution >= 4 is 50.6 Å². The van der Waals surface area contributed by atoms with Crippen molar-refractivity contribution < 1.29 is 4.79 Å². The van der Waals surface area contributed by atoms with E-state index in [1.807, 2.05) is 36.6 Å². The lowest BCUT2D eigenvalue weighted by atomic mass is 10.3. The van der Waals surface area contributed by atoms with Crippen molar-refractivity contribution in [1.82, 2.24) is 9.78 Å². The number of nitrogens with zero attached hydrogens (tertiary/aromatic N) is 2. The summed E-state index contributed by atoms with van der Waals surface area (Å²) in [6.45, 7) is 1.87. The average Bonchev–Trinajstić information content (AvgIpc) is 3.05. The minimum absolute atomic E-state index is 0.176. The third kappa shape index (κ3) is 3.09. The number of hydrogen-bond donors (Lipinski definition) is 1. The summed E-state index contributed by atoms with van der Waals surface area (Å²) in [6, 6.07) is 11.0. The summed E-state index contributed by atoms with van der Waals surface area (Å²) in [5, 5.41) is 9.78. The van der Waals surface area contributed by atoms with Crippen molar-refractivity contribution in [2.45, 2.75) is 6.92 Å². The summed E-state index contributed by atoms with van der Waals surface area (Å²) in [5.74, 6) is 0.426. The molecule has 22 heavy (non-hydrogen) atoms. The normalized spacial score (nSPS) is 10.7. The number of carbonyl (C=O) groups excluding carboxylic acids is 1. The molecule has 0 saturated carbocycles. The predicted octanol–water partition coefficient (Wildman–Crippen LogP) is 4.91. The van der Waals surface area contributed by atoms with Gasteiger partial charge in [0.2, 0.25) is 0 Å². The number of amides is 1. The fourth-order valence-electron chi connectivity index (χ4n) is 2.02. The lowest BCUT2D eigenvalue weighted by molar-refractivity contribution is 0.102. The zero-order valence-corrected chi connectivity index (χ0v) is 14.7. The Morgan fingerprint density at radius 1 is 1.36 bits per heavy atom. The van der Waals surface area contributed by atoms with Gasteiger partial charge in [0.05, 0.1) is 11.4 Å². The topological polar surface area (TPSA) is 46.9 Å². The Bertz CT molecular complexity index is 843. The Balaban J connectivity index is 1.95. The van der Waals surface area contributed by atoms with Crippen molar-refractivity contribution in [3.63, 3.8) is 0 Å². The number of hydrogen-bond acceptors (Lipinski definition) is 3. The van der Waals surface area contributed by atoms with E-state index in [2.05, 4.69) is 26.3 Å². The molecule has 0 radical (unpaired) electrons. The number of nitrogens with one attached hydrogen (secondary N) is 1. The molecule has 0 unspecified atom stereocenters. The number of halogens is 2. The Morgan fingerprint density at radius 2 is 2.18 bits per heavy atom. The van der Waals surface area contributed by atoms with E-state index in [1.165, 1.54) is 11.3 Å². The monoisotopic (exact) mass is 395 g/mol. The van der Waals surface area contributed by atoms with Crippen molar-refractivity contribution in [1.29, 1.82) is 0 Å². The molecular weight excluding hydrogens is 386 g/mol. The van der Waals surface area contributed by atoms with Gasteiger partial charge in [-0.2, -0.15) is 5.10 Å². The van der Waals surface area contributed by atoms with Gasteiger partial charge in [-0.3, -0.25) is 4.79 Å². The fourth-order valence-corrected chi connectivity index (χ4v) is 3.65. The molecule has 112 valence electrons. The summed E-state index contributed by atoms with van der Waals surface area (Å²) < 4.78 is 2.45. The SMILES string of the molecule is Cc1cc(NC(=O)c2sccc2Br)n(-c2cccc(Cl)c2)n1. The van der Waals surface area contributed by atoms with Crippen molar-refractivity contribution in [2.75, 3.05) is 5.32 Å². The zero-order chi connectivity index (χ0) is 15.7. The second-order valence-electron chi connectivity index (χ2n) is 4.61. The molecule has 0 bridgehead atoms. The second-order valence-corrected chi connectivity index (χ2v) is 6.82. The number of aromatic nitrogens is 2. The van der Waals surface area contributed by atoms with Crippen LogP contribution in [0.1, 0.15) is 15.4 Å². The van der Waals surface area contributed by atoms with Gasteiger partial charge in [0.1, 0.15) is 10.7 Å². The summed E-state index contributed by atoms with van der Waals surface area (Å²) in [6.07, 6.45) is 0. The molecule has 1 amide bonds. The van der Waals surface area contributed by atoms with E-state index in [9.17, 15) is 4.79 Å². The van der Waals surface area contributed by atoms with Crippen LogP contribution in [0.4, 0.5) is 5.82 Å². The highest BCUT2D eigenvalue weighted by Gasteiger charge is 2.15. The molecule has 4 nitrogen and oxygen atoms in total. The summed E-state index contributed by atoms with van der Waals surface area (Å²) in [5.41, 5.74) is 1.60. The molecule has 0 aliphatic heterocycles. The largest absolute Gasteiger partial charge is 0.306 e. The lowest BCUT2D eigenvalue weighted by Crippen LogP contribution is -2.14. The number of thiophene rings is 1. The highest BCUT2D eigenvalue weighted by Crippen LogP contribution is 2.25. The van der Waals surface area contributed by atoms with Crippen molar-refractivity contribution in [3.05, 3.63) is 61.8 Å². The van der Waals surface area contributed by atoms with Crippen LogP contribution in [0.2, 0.25) is 5.02 Å². The Morgan fingerprint density at radius 3 is 2.86 bits per heavy atom. The molecule has 0 atom stereocenters. The second kappa shape index (κ2) is 6.24. The van der Waals surface area contributed by atoms with Gasteiger partial charge in [-0.25, -0.2) is 4.68 Å². The van der Waals surface area contributed by atoms with E-state index in [0.717, 1.165) is 15.9 Å². The highest BCUT2D eigenvalue weighted by atomic mass is 79.9. The predicted molar refractivity (Wildman–Crippen MR) is 93.3 cm³/mol. The molecule has 7 heteroatoms. The van der Waals surface area contributed by atoms with E-state index < -0.39 is 0 Å². The van der Waals surface area contributed by atoms with Crippen LogP contribution in [-0.4, -0.2) is 15.7 Å². The maximum absolute atomic E-state index is 12.4. The summed E-state index contributed by atoms with van der Waals surface area (Å²) in [7, 11) is 0. The molecule has 0 fully saturated rings. The van der Waals surface area contributed by atoms with Gasteiger partial charge in [-0.05, 0) is 52.5 Å². The first-order valence-corrected chi connectivity index (χ1v) is 8.46. The van der Waals surface area contributed by atoms with Gasteiger partial charge in [-0.15, -0.1) is 11.3 Å². The molecule has 0 spiro atoms. The minimum Gasteiger partial charge on any atom is -0.306 e. The van der Waals surface area contributed by atoms with Crippen LogP contribution >= 0.6 is 38.9 Å². The van der Waals surface area contributed by atoms with Crippen LogP contribution in [0.3, 0.4) is 0 Å². The van der Waals surface area contributed by atoms with Gasteiger partial charge in [0.15, 0.2) is 0 Å². The molecule has 0 saturated heterocycles. The minimum atomic E-state index is -0.176. The van der Waals surface area contributed by atoms with Gasteiger partial charge < -0.3 is 5.32 Å². The Hall–Kier alpha value is -1.63. The maximum Gasteiger partial charge on any atom is 0.268 e. The van der Waals surface area contributed by atoms with Crippen molar-refractivity contribution in [3.8, 4) is 5.69 Å². The van der Waals surface area contributed by atoms with Crippen LogP contribution < -0.4 is 5.32 Å². The van der Waals surface area contributed by atoms with E-state index in [1.54, 1.807) is 16.8 Å². The number of benzene rings is 1. The van der Waals surface area contributed by atoms with Crippen LogP contribution in [0.5, 0.6) is 0 Å². The molecule has 3 rings (SSSR count). The van der Waals surface area contributed by atoms with Gasteiger partial charge >= 0.3 is 0 Å². The Labute approximate surface area is 144 Å². The van der Waals surface area contributed by atoms with E-state index >= 15 is 0 Å². The summed E-state index contributed by atoms with van der Waals surface area (Å²) >= 11 is 10.8. The molecule has 0 aliphatic carbocycles. The molecule has 1 aromatic carbocycles. The quantitative estimate of drug-likeness (QED) is 0.683. The van der Waals surface area contributed by atoms with E-state index in [-0.39, 0.29) is 5.91 Å². The Kier molecular flexibility index (Phi) is 4.33. The third-order valence-corrected chi connectivity index (χ3v) is 5.02. The lowest BCUT2D eigenvalue weighted by Gasteiger charge is -2.08. The van der Waals surface area contributed by atoms with Gasteiger partial charge in [0, 0.05) is 15.6 Å². The van der Waals surface area contributed by atoms with Crippen molar-refractivity contribution in [2.24, 2.45) is 0 Å². The first kappa shape index (κ1) is 15.3. The fraction of sp³-hybridized carbons (Fsp3) is 0.0667. The van der Waals surface area contributed by atoms with Gasteiger partial charge in [-0.1, -0.05) is 17.7 Å². The summed E-state index contributed by atoms with van der Waals surface area (Å²) in [4.78, 5) is 13.0. The first-order valence-electron chi connectivity index (χ1n) is 6.41. The average molecular weight is 397 g/mol. The van der Waals surface area contributed by atoms with E-state index in [0.29, 0.717) is 15.7 Å². The number of anilines is 1. The molecule has 1 N–H and O–H groups in total. The molecule has 2 aromatic heterocycles. The van der Waals surface area contributed by atoms with Crippen LogP contribution in [-0.2, 0) is 0 Å². The maximum atomic E-state index is 12.4. The van der Waals surface area contributed by atoms with E-state index in [4.69, 9.17) is 11.6 Å². The van der Waals surface area contributed by atoms with Crippen LogP contribution in [0, 0.1) is 6.92 Å². The standard InChI is InChI=1S/C15H11BrClN3OS/c1-9-7-13(18-15(21)14-12(16)5-6-22-14)20(19-9)11-4-2-3-10(17)8-11/h2-8H,1H3,(H,18,21). The van der Waals surface area contributed by atoms with Crippen LogP contribution in [0.15, 0.2) is 46.3 Å². The number of rotatable bonds is 3.